The Hall–Kier alpha value is -1.14. The third kappa shape index (κ3) is 8.56. The maximum Gasteiger partial charge on any atom is 0.309 e. The fourth-order valence-electron chi connectivity index (χ4n) is 1.61. The van der Waals surface area contributed by atoms with E-state index >= 15 is 0 Å². The molecule has 112 valence electrons. The van der Waals surface area contributed by atoms with Crippen molar-refractivity contribution in [3.63, 3.8) is 0 Å². The summed E-state index contributed by atoms with van der Waals surface area (Å²) in [5.41, 5.74) is 0. The summed E-state index contributed by atoms with van der Waals surface area (Å²) in [5.74, 6) is -0.705. The average molecular weight is 275 g/mol. The quantitative estimate of drug-likeness (QED) is 0.547. The first-order valence-electron chi connectivity index (χ1n) is 6.49. The van der Waals surface area contributed by atoms with Crippen molar-refractivity contribution in [1.82, 2.24) is 4.90 Å². The normalized spacial score (nSPS) is 12.3. The molecule has 19 heavy (non-hydrogen) atoms. The van der Waals surface area contributed by atoms with Crippen LogP contribution in [0.25, 0.3) is 0 Å². The molecule has 0 aromatic carbocycles. The molecule has 0 aromatic rings. The molecule has 0 amide bonds. The van der Waals surface area contributed by atoms with Gasteiger partial charge in [-0.2, -0.15) is 0 Å². The molecular weight excluding hydrogens is 250 g/mol. The van der Waals surface area contributed by atoms with E-state index in [4.69, 9.17) is 9.47 Å². The van der Waals surface area contributed by atoms with Gasteiger partial charge in [0.05, 0.1) is 32.7 Å². The van der Waals surface area contributed by atoms with Gasteiger partial charge in [0.2, 0.25) is 0 Å². The number of ether oxygens (including phenoxy) is 3. The fourth-order valence-corrected chi connectivity index (χ4v) is 1.61. The molecule has 0 N–H and O–H groups in total. The molecule has 0 aliphatic rings. The summed E-state index contributed by atoms with van der Waals surface area (Å²) in [4.78, 5) is 24.7. The van der Waals surface area contributed by atoms with Crippen molar-refractivity contribution in [1.29, 1.82) is 0 Å². The molecule has 0 aliphatic carbocycles. The number of hydrogen-bond acceptors (Lipinski definition) is 6. The van der Waals surface area contributed by atoms with Crippen LogP contribution < -0.4 is 0 Å². The van der Waals surface area contributed by atoms with Gasteiger partial charge in [-0.15, -0.1) is 0 Å². The van der Waals surface area contributed by atoms with Gasteiger partial charge < -0.3 is 14.2 Å². The minimum absolute atomic E-state index is 0.219. The number of esters is 2. The van der Waals surface area contributed by atoms with Crippen LogP contribution >= 0.6 is 0 Å². The van der Waals surface area contributed by atoms with Gasteiger partial charge in [0, 0.05) is 26.7 Å². The van der Waals surface area contributed by atoms with E-state index in [9.17, 15) is 9.59 Å². The molecule has 0 aromatic heterocycles. The lowest BCUT2D eigenvalue weighted by atomic mass is 10.1. The van der Waals surface area contributed by atoms with Crippen molar-refractivity contribution in [2.24, 2.45) is 5.92 Å². The SMILES string of the molecule is CCOC(=O)C(C)CN(CCOC)CCC(=O)OC. The summed E-state index contributed by atoms with van der Waals surface area (Å²) in [7, 11) is 2.98. The number of methoxy groups -OCH3 is 2. The molecule has 6 heteroatoms. The van der Waals surface area contributed by atoms with Crippen LogP contribution in [0.3, 0.4) is 0 Å². The number of carbonyl (C=O) groups excluding carboxylic acids is 2. The van der Waals surface area contributed by atoms with Crippen LogP contribution in [0.5, 0.6) is 0 Å². The lowest BCUT2D eigenvalue weighted by molar-refractivity contribution is -0.148. The Bertz CT molecular complexity index is 270. The topological polar surface area (TPSA) is 65.1 Å². The van der Waals surface area contributed by atoms with E-state index in [1.165, 1.54) is 7.11 Å². The fraction of sp³-hybridized carbons (Fsp3) is 0.846. The van der Waals surface area contributed by atoms with Gasteiger partial charge in [-0.25, -0.2) is 0 Å². The van der Waals surface area contributed by atoms with Gasteiger partial charge in [-0.3, -0.25) is 14.5 Å². The molecule has 1 unspecified atom stereocenters. The van der Waals surface area contributed by atoms with Crippen molar-refractivity contribution in [3.8, 4) is 0 Å². The summed E-state index contributed by atoms with van der Waals surface area (Å²) < 4.78 is 14.6. The van der Waals surface area contributed by atoms with E-state index in [-0.39, 0.29) is 17.9 Å². The molecule has 0 saturated heterocycles. The largest absolute Gasteiger partial charge is 0.469 e. The Morgan fingerprint density at radius 2 is 1.89 bits per heavy atom. The first-order valence-corrected chi connectivity index (χ1v) is 6.49. The Labute approximate surface area is 115 Å². The van der Waals surface area contributed by atoms with Gasteiger partial charge in [-0.1, -0.05) is 6.92 Å². The molecular formula is C13H25NO5. The van der Waals surface area contributed by atoms with Crippen LogP contribution in [-0.4, -0.2) is 63.9 Å². The molecule has 0 aliphatic heterocycles. The van der Waals surface area contributed by atoms with Crippen molar-refractivity contribution in [2.45, 2.75) is 20.3 Å². The first-order chi connectivity index (χ1) is 9.04. The summed E-state index contributed by atoms with van der Waals surface area (Å²) >= 11 is 0. The molecule has 0 bridgehead atoms. The van der Waals surface area contributed by atoms with Crippen LogP contribution in [-0.2, 0) is 23.8 Å². The molecule has 0 saturated carbocycles. The Morgan fingerprint density at radius 3 is 2.42 bits per heavy atom. The van der Waals surface area contributed by atoms with E-state index in [1.54, 1.807) is 14.0 Å². The highest BCUT2D eigenvalue weighted by molar-refractivity contribution is 5.72. The Kier molecular flexibility index (Phi) is 10.1. The molecule has 1 atom stereocenters. The zero-order valence-electron chi connectivity index (χ0n) is 12.3. The molecule has 0 rings (SSSR count). The van der Waals surface area contributed by atoms with Gasteiger partial charge >= 0.3 is 11.9 Å². The smallest absolute Gasteiger partial charge is 0.309 e. The Balaban J connectivity index is 4.24. The molecule has 0 radical (unpaired) electrons. The Morgan fingerprint density at radius 1 is 1.21 bits per heavy atom. The van der Waals surface area contributed by atoms with Gasteiger partial charge in [0.15, 0.2) is 0 Å². The molecule has 0 fully saturated rings. The van der Waals surface area contributed by atoms with Crippen molar-refractivity contribution in [2.75, 3.05) is 47.1 Å². The summed E-state index contributed by atoms with van der Waals surface area (Å²) in [5, 5.41) is 0. The average Bonchev–Trinajstić information content (AvgIpc) is 2.41. The number of hydrogen-bond donors (Lipinski definition) is 0. The summed E-state index contributed by atoms with van der Waals surface area (Å²) in [6, 6.07) is 0. The minimum Gasteiger partial charge on any atom is -0.469 e. The highest BCUT2D eigenvalue weighted by atomic mass is 16.5. The van der Waals surface area contributed by atoms with E-state index in [1.807, 2.05) is 11.8 Å². The third-order valence-corrected chi connectivity index (χ3v) is 2.69. The second-order valence-corrected chi connectivity index (χ2v) is 4.27. The zero-order chi connectivity index (χ0) is 14.7. The first kappa shape index (κ1) is 17.9. The molecule has 0 spiro atoms. The molecule has 0 heterocycles. The van der Waals surface area contributed by atoms with Crippen molar-refractivity contribution >= 4 is 11.9 Å². The van der Waals surface area contributed by atoms with Crippen LogP contribution in [0.2, 0.25) is 0 Å². The van der Waals surface area contributed by atoms with E-state index in [2.05, 4.69) is 4.74 Å². The van der Waals surface area contributed by atoms with E-state index in [0.29, 0.717) is 39.3 Å². The predicted octanol–water partition coefficient (Wildman–Crippen LogP) is 0.697. The number of nitrogens with zero attached hydrogens (tertiary/aromatic N) is 1. The van der Waals surface area contributed by atoms with Gasteiger partial charge in [-0.05, 0) is 6.92 Å². The minimum atomic E-state index is -0.258. The maximum absolute atomic E-state index is 11.6. The van der Waals surface area contributed by atoms with Crippen LogP contribution in [0.4, 0.5) is 0 Å². The molecule has 6 nitrogen and oxygen atoms in total. The number of carbonyl (C=O) groups is 2. The highest BCUT2D eigenvalue weighted by Gasteiger charge is 2.18. The van der Waals surface area contributed by atoms with E-state index < -0.39 is 0 Å². The maximum atomic E-state index is 11.6. The van der Waals surface area contributed by atoms with Gasteiger partial charge in [0.1, 0.15) is 0 Å². The van der Waals surface area contributed by atoms with Gasteiger partial charge in [0.25, 0.3) is 0 Å². The lowest BCUT2D eigenvalue weighted by Crippen LogP contribution is -2.36. The van der Waals surface area contributed by atoms with Crippen molar-refractivity contribution < 1.29 is 23.8 Å². The lowest BCUT2D eigenvalue weighted by Gasteiger charge is -2.24. The second-order valence-electron chi connectivity index (χ2n) is 4.27. The highest BCUT2D eigenvalue weighted by Crippen LogP contribution is 2.04. The van der Waals surface area contributed by atoms with Crippen LogP contribution in [0.15, 0.2) is 0 Å². The summed E-state index contributed by atoms with van der Waals surface area (Å²) in [6.07, 6.45) is 0.301. The number of rotatable bonds is 10. The third-order valence-electron chi connectivity index (χ3n) is 2.69. The van der Waals surface area contributed by atoms with Crippen molar-refractivity contribution in [3.05, 3.63) is 0 Å². The monoisotopic (exact) mass is 275 g/mol. The predicted molar refractivity (Wildman–Crippen MR) is 70.7 cm³/mol. The van der Waals surface area contributed by atoms with Crippen LogP contribution in [0.1, 0.15) is 20.3 Å². The zero-order valence-corrected chi connectivity index (χ0v) is 12.3. The van der Waals surface area contributed by atoms with E-state index in [0.717, 1.165) is 0 Å². The van der Waals surface area contributed by atoms with Crippen LogP contribution in [0, 0.1) is 5.92 Å². The standard InChI is InChI=1S/C13H25NO5/c1-5-19-13(16)11(2)10-14(8-9-17-3)7-6-12(15)18-4/h11H,5-10H2,1-4H3. The second kappa shape index (κ2) is 10.8. The summed E-state index contributed by atoms with van der Waals surface area (Å²) in [6.45, 7) is 6.27.